The molecule has 0 unspecified atom stereocenters. The van der Waals surface area contributed by atoms with Crippen molar-refractivity contribution in [2.75, 3.05) is 6.61 Å². The van der Waals surface area contributed by atoms with E-state index >= 15 is 0 Å². The van der Waals surface area contributed by atoms with Crippen LogP contribution < -0.4 is 0 Å². The Kier molecular flexibility index (Phi) is 22.3. The summed E-state index contributed by atoms with van der Waals surface area (Å²) < 4.78 is 90.5. The summed E-state index contributed by atoms with van der Waals surface area (Å²) in [6.45, 7) is 2.52. The maximum absolute atomic E-state index is 11.9. The molecule has 0 amide bonds. The van der Waals surface area contributed by atoms with Crippen molar-refractivity contribution < 1.29 is 38.5 Å². The van der Waals surface area contributed by atoms with E-state index in [2.05, 4.69) is 6.92 Å². The third kappa shape index (κ3) is 20.3. The minimum Gasteiger partial charge on any atom is -0.744 e. The van der Waals surface area contributed by atoms with Crippen LogP contribution in [0.3, 0.4) is 0 Å². The molecule has 0 saturated carbocycles. The summed E-state index contributed by atoms with van der Waals surface area (Å²) >= 11 is 0. The quantitative estimate of drug-likeness (QED) is 0.0799. The first-order valence-electron chi connectivity index (χ1n) is 13.8. The number of benzene rings is 3. The Morgan fingerprint density at radius 1 is 0.488 bits per heavy atom. The van der Waals surface area contributed by atoms with Crippen LogP contribution >= 0.6 is 0 Å². The maximum Gasteiger partial charge on any atom is 2.00 e. The smallest absolute Gasteiger partial charge is 0.744 e. The summed E-state index contributed by atoms with van der Waals surface area (Å²) in [4.78, 5) is -0.132. The molecule has 9 nitrogen and oxygen atoms in total. The second-order valence-electron chi connectivity index (χ2n) is 9.31. The van der Waals surface area contributed by atoms with Gasteiger partial charge in [0.15, 0.2) is 0 Å². The number of hydrogen-bond acceptors (Lipinski definition) is 9. The first-order chi connectivity index (χ1) is 19.9. The Bertz CT molecular complexity index is 1370. The molecule has 43 heavy (non-hydrogen) atoms. The molecule has 0 aliphatic heterocycles. The molecule has 0 aliphatic carbocycles. The first-order valence-corrected chi connectivity index (χ1v) is 18.1. The first kappa shape index (κ1) is 41.6. The Balaban J connectivity index is 0.000000695. The van der Waals surface area contributed by atoms with E-state index < -0.39 is 30.4 Å². The van der Waals surface area contributed by atoms with Crippen LogP contribution in [0.2, 0.25) is 0 Å². The molecule has 0 radical (unpaired) electrons. The minimum atomic E-state index is -4.25. The van der Waals surface area contributed by atoms with Gasteiger partial charge in [-0.3, -0.25) is 4.18 Å². The van der Waals surface area contributed by atoms with Crippen molar-refractivity contribution in [2.24, 2.45) is 0 Å². The number of rotatable bonds is 15. The molecule has 0 saturated heterocycles. The molecule has 0 spiro atoms. The van der Waals surface area contributed by atoms with Crippen LogP contribution in [0.5, 0.6) is 0 Å². The molecule has 0 aromatic heterocycles. The Morgan fingerprint density at radius 3 is 1.09 bits per heavy atom. The fourth-order valence-corrected chi connectivity index (χ4v) is 5.53. The third-order valence-corrected chi connectivity index (χ3v) is 8.86. The zero-order valence-corrected chi connectivity index (χ0v) is 29.2. The van der Waals surface area contributed by atoms with Crippen molar-refractivity contribution in [3.8, 4) is 0 Å². The van der Waals surface area contributed by atoms with Crippen molar-refractivity contribution in [1.82, 2.24) is 0 Å². The van der Waals surface area contributed by atoms with Gasteiger partial charge in [0.2, 0.25) is 0 Å². The van der Waals surface area contributed by atoms with Crippen LogP contribution in [0, 0.1) is 0 Å². The minimum absolute atomic E-state index is 0. The molecule has 0 atom stereocenters. The predicted octanol–water partition coefficient (Wildman–Crippen LogP) is 6.11. The van der Waals surface area contributed by atoms with Crippen LogP contribution in [0.15, 0.2) is 106 Å². The van der Waals surface area contributed by atoms with Crippen LogP contribution in [0.4, 0.5) is 0 Å². The van der Waals surface area contributed by atoms with E-state index in [1.165, 1.54) is 99.9 Å². The monoisotopic (exact) mass is 680 g/mol. The Morgan fingerprint density at radius 2 is 0.791 bits per heavy atom. The van der Waals surface area contributed by atoms with Gasteiger partial charge in [-0.25, -0.2) is 16.8 Å². The second kappa shape index (κ2) is 23.1. The molecular weight excluding hydrogens is 641 g/mol. The average Bonchev–Trinajstić information content (AvgIpc) is 2.97. The van der Waals surface area contributed by atoms with E-state index in [0.717, 1.165) is 12.8 Å². The van der Waals surface area contributed by atoms with Crippen molar-refractivity contribution >= 4 is 68.1 Å². The SMILES string of the molecule is CCCCCCCCCCCCOS(=O)(=O)c1ccccc1.O=S(=O)([O-])c1ccccc1.O=S(=O)([O-])c1ccccc1.[Ca+2]. The molecule has 3 aromatic rings. The van der Waals surface area contributed by atoms with Crippen LogP contribution in [0.25, 0.3) is 0 Å². The summed E-state index contributed by atoms with van der Waals surface area (Å²) in [7, 11) is -12.1. The third-order valence-electron chi connectivity index (χ3n) is 5.83. The van der Waals surface area contributed by atoms with Gasteiger partial charge in [-0.15, -0.1) is 0 Å². The Hall–Kier alpha value is -1.35. The fourth-order valence-electron chi connectivity index (χ4n) is 3.59. The predicted molar refractivity (Wildman–Crippen MR) is 166 cm³/mol. The van der Waals surface area contributed by atoms with Crippen molar-refractivity contribution in [3.05, 3.63) is 91.0 Å². The molecule has 234 valence electrons. The van der Waals surface area contributed by atoms with Crippen LogP contribution in [-0.2, 0) is 34.5 Å². The van der Waals surface area contributed by atoms with E-state index in [-0.39, 0.29) is 59.0 Å². The van der Waals surface area contributed by atoms with Gasteiger partial charge < -0.3 is 9.11 Å². The van der Waals surface area contributed by atoms with Gasteiger partial charge in [0.25, 0.3) is 10.1 Å². The molecule has 0 aliphatic rings. The zero-order valence-electron chi connectivity index (χ0n) is 24.5. The molecule has 0 heterocycles. The van der Waals surface area contributed by atoms with E-state index in [0.29, 0.717) is 0 Å². The van der Waals surface area contributed by atoms with E-state index in [1.807, 2.05) is 0 Å². The van der Waals surface area contributed by atoms with Crippen LogP contribution in [0.1, 0.15) is 71.1 Å². The largest absolute Gasteiger partial charge is 2.00 e. The van der Waals surface area contributed by atoms with E-state index in [4.69, 9.17) is 4.18 Å². The average molecular weight is 681 g/mol. The van der Waals surface area contributed by atoms with E-state index in [9.17, 15) is 34.4 Å². The summed E-state index contributed by atoms with van der Waals surface area (Å²) in [6.07, 6.45) is 12.3. The van der Waals surface area contributed by atoms with Crippen molar-refractivity contribution in [2.45, 2.75) is 85.8 Å². The fraction of sp³-hybridized carbons (Fsp3) is 0.400. The van der Waals surface area contributed by atoms with Gasteiger partial charge in [0.05, 0.1) is 21.3 Å². The number of unbranched alkanes of at least 4 members (excludes halogenated alkanes) is 9. The normalized spacial score (nSPS) is 11.2. The summed E-state index contributed by atoms with van der Waals surface area (Å²) in [5, 5.41) is 0. The van der Waals surface area contributed by atoms with E-state index in [1.54, 1.807) is 42.5 Å². The zero-order chi connectivity index (χ0) is 31.3. The van der Waals surface area contributed by atoms with Gasteiger partial charge in [-0.2, -0.15) is 8.42 Å². The summed E-state index contributed by atoms with van der Waals surface area (Å²) in [5.41, 5.74) is 0. The number of hydrogen-bond donors (Lipinski definition) is 0. The molecule has 0 fully saturated rings. The van der Waals surface area contributed by atoms with Gasteiger partial charge in [-0.05, 0) is 42.8 Å². The maximum atomic E-state index is 11.9. The van der Waals surface area contributed by atoms with Gasteiger partial charge in [0.1, 0.15) is 20.2 Å². The van der Waals surface area contributed by atoms with Gasteiger partial charge >= 0.3 is 37.7 Å². The summed E-state index contributed by atoms with van der Waals surface area (Å²) in [6, 6.07) is 22.7. The molecule has 0 bridgehead atoms. The van der Waals surface area contributed by atoms with Crippen molar-refractivity contribution in [1.29, 1.82) is 0 Å². The Labute approximate surface area is 287 Å². The van der Waals surface area contributed by atoms with Crippen LogP contribution in [-0.4, -0.2) is 78.7 Å². The standard InChI is InChI=1S/C18H30O3S.2C6H6O3S.Ca/c1-2-3-4-5-6-7-8-9-10-14-17-21-22(19,20)18-15-12-11-13-16-18;2*7-10(8,9)6-4-2-1-3-5-6;/h11-13,15-16H,2-10,14,17H2,1H3;2*1-5H,(H,7,8,9);/q;;;+2/p-2. The van der Waals surface area contributed by atoms with Gasteiger partial charge in [-0.1, -0.05) is 119 Å². The topological polar surface area (TPSA) is 158 Å². The molecule has 13 heteroatoms. The molecule has 3 rings (SSSR count). The molecular formula is C30H40CaO9S3. The molecule has 3 aromatic carbocycles. The summed E-state index contributed by atoms with van der Waals surface area (Å²) in [5.74, 6) is 0. The molecule has 0 N–H and O–H groups in total. The van der Waals surface area contributed by atoms with Crippen molar-refractivity contribution in [3.63, 3.8) is 0 Å². The van der Waals surface area contributed by atoms with Gasteiger partial charge in [0, 0.05) is 0 Å². The second-order valence-corrected chi connectivity index (χ2v) is 13.7.